The highest BCUT2D eigenvalue weighted by Gasteiger charge is 2.22. The number of hydrogen-bond acceptors (Lipinski definition) is 5. The van der Waals surface area contributed by atoms with Gasteiger partial charge in [0.05, 0.1) is 15.5 Å². The predicted octanol–water partition coefficient (Wildman–Crippen LogP) is 5.93. The lowest BCUT2D eigenvalue weighted by Crippen LogP contribution is -2.11. The second kappa shape index (κ2) is 8.82. The first kappa shape index (κ1) is 22.1. The van der Waals surface area contributed by atoms with E-state index in [2.05, 4.69) is 10.3 Å². The van der Waals surface area contributed by atoms with Crippen LogP contribution in [-0.2, 0) is 9.84 Å². The van der Waals surface area contributed by atoms with E-state index < -0.39 is 21.6 Å². The summed E-state index contributed by atoms with van der Waals surface area (Å²) in [5.74, 6) is -0.805. The first-order valence-corrected chi connectivity index (χ1v) is 12.4. The van der Waals surface area contributed by atoms with Crippen molar-refractivity contribution in [3.63, 3.8) is 0 Å². The smallest absolute Gasteiger partial charge is 0.257 e. The van der Waals surface area contributed by atoms with Crippen LogP contribution in [0.25, 0.3) is 21.7 Å². The van der Waals surface area contributed by atoms with Gasteiger partial charge in [0.15, 0.2) is 15.0 Å². The fourth-order valence-electron chi connectivity index (χ4n) is 3.14. The molecule has 0 saturated carbocycles. The molecule has 4 aromatic rings. The molecule has 32 heavy (non-hydrogen) atoms. The van der Waals surface area contributed by atoms with Crippen LogP contribution in [0.3, 0.4) is 0 Å². The van der Waals surface area contributed by atoms with E-state index in [-0.39, 0.29) is 10.0 Å². The van der Waals surface area contributed by atoms with Gasteiger partial charge < -0.3 is 0 Å². The predicted molar refractivity (Wildman–Crippen MR) is 125 cm³/mol. The molecule has 4 rings (SSSR count). The molecule has 5 nitrogen and oxygen atoms in total. The Hall–Kier alpha value is -3.07. The van der Waals surface area contributed by atoms with Crippen molar-refractivity contribution in [1.82, 2.24) is 4.98 Å². The number of benzene rings is 3. The molecule has 0 aliphatic rings. The Balaban J connectivity index is 1.84. The van der Waals surface area contributed by atoms with Crippen LogP contribution in [0.15, 0.2) is 77.7 Å². The van der Waals surface area contributed by atoms with Gasteiger partial charge in [-0.15, -0.1) is 0 Å². The molecule has 9 heteroatoms. The average molecular weight is 487 g/mol. The molecule has 1 aromatic heterocycles. The molecule has 0 atom stereocenters. The van der Waals surface area contributed by atoms with E-state index in [1.54, 1.807) is 48.5 Å². The van der Waals surface area contributed by atoms with Crippen molar-refractivity contribution in [2.45, 2.75) is 4.90 Å². The Morgan fingerprint density at radius 3 is 2.44 bits per heavy atom. The van der Waals surface area contributed by atoms with Gasteiger partial charge in [-0.25, -0.2) is 17.8 Å². The third-order valence-corrected chi connectivity index (χ3v) is 6.99. The molecule has 0 aliphatic carbocycles. The number of halogens is 2. The van der Waals surface area contributed by atoms with Gasteiger partial charge in [0.1, 0.15) is 5.82 Å². The van der Waals surface area contributed by atoms with Crippen molar-refractivity contribution in [2.75, 3.05) is 11.6 Å². The van der Waals surface area contributed by atoms with E-state index >= 15 is 0 Å². The zero-order chi connectivity index (χ0) is 22.9. The van der Waals surface area contributed by atoms with E-state index in [0.717, 1.165) is 6.26 Å². The maximum absolute atomic E-state index is 13.5. The Morgan fingerprint density at radius 2 is 1.75 bits per heavy atom. The molecule has 0 bridgehead atoms. The maximum Gasteiger partial charge on any atom is 0.257 e. The molecule has 1 heterocycles. The SMILES string of the molecule is CS(=O)(=O)c1ccccc1-c1nc(NC(=O)c2cccc(Cl)c2)sc1-c1ccc(F)cc1. The van der Waals surface area contributed by atoms with E-state index in [1.165, 1.54) is 35.6 Å². The lowest BCUT2D eigenvalue weighted by Gasteiger charge is -2.08. The van der Waals surface area contributed by atoms with Crippen LogP contribution in [0, 0.1) is 5.82 Å². The molecule has 0 spiro atoms. The number of carbonyl (C=O) groups excluding carboxylic acids is 1. The zero-order valence-corrected chi connectivity index (χ0v) is 19.1. The fourth-order valence-corrected chi connectivity index (χ4v) is 5.20. The molecule has 162 valence electrons. The summed E-state index contributed by atoms with van der Waals surface area (Å²) in [5.41, 5.74) is 1.78. The largest absolute Gasteiger partial charge is 0.298 e. The molecule has 0 unspecified atom stereocenters. The number of nitrogens with zero attached hydrogens (tertiary/aromatic N) is 1. The van der Waals surface area contributed by atoms with Crippen molar-refractivity contribution in [3.8, 4) is 21.7 Å². The Labute approximate surface area is 193 Å². The molecular weight excluding hydrogens is 471 g/mol. The fraction of sp³-hybridized carbons (Fsp3) is 0.0435. The summed E-state index contributed by atoms with van der Waals surface area (Å²) in [7, 11) is -3.55. The summed E-state index contributed by atoms with van der Waals surface area (Å²) in [6.45, 7) is 0. The second-order valence-corrected chi connectivity index (χ2v) is 10.4. The van der Waals surface area contributed by atoms with Gasteiger partial charge in [-0.1, -0.05) is 59.3 Å². The minimum atomic E-state index is -3.55. The highest BCUT2D eigenvalue weighted by Crippen LogP contribution is 2.41. The van der Waals surface area contributed by atoms with Gasteiger partial charge in [0.25, 0.3) is 5.91 Å². The first-order chi connectivity index (χ1) is 15.2. The van der Waals surface area contributed by atoms with E-state index in [1.807, 2.05) is 0 Å². The number of carbonyl (C=O) groups is 1. The third-order valence-electron chi connectivity index (χ3n) is 4.58. The van der Waals surface area contributed by atoms with E-state index in [4.69, 9.17) is 11.6 Å². The number of amides is 1. The van der Waals surface area contributed by atoms with E-state index in [9.17, 15) is 17.6 Å². The lowest BCUT2D eigenvalue weighted by molar-refractivity contribution is 0.102. The highest BCUT2D eigenvalue weighted by molar-refractivity contribution is 7.90. The van der Waals surface area contributed by atoms with Gasteiger partial charge in [-0.05, 0) is 42.0 Å². The number of sulfone groups is 1. The lowest BCUT2D eigenvalue weighted by atomic mass is 10.1. The first-order valence-electron chi connectivity index (χ1n) is 9.35. The standard InChI is InChI=1S/C23H16ClFN2O3S2/c1-32(29,30)19-8-3-2-7-18(19)20-21(14-9-11-17(25)12-10-14)31-23(26-20)27-22(28)15-5-4-6-16(24)13-15/h2-13H,1H3,(H,26,27,28). The number of thiazole rings is 1. The molecule has 3 aromatic carbocycles. The Bertz CT molecular complexity index is 1420. The quantitative estimate of drug-likeness (QED) is 0.379. The van der Waals surface area contributed by atoms with Crippen LogP contribution in [0.4, 0.5) is 9.52 Å². The molecule has 1 N–H and O–H groups in total. The van der Waals surface area contributed by atoms with Crippen LogP contribution >= 0.6 is 22.9 Å². The van der Waals surface area contributed by atoms with Gasteiger partial charge in [0, 0.05) is 22.4 Å². The van der Waals surface area contributed by atoms with Crippen LogP contribution in [0.1, 0.15) is 10.4 Å². The van der Waals surface area contributed by atoms with Gasteiger partial charge in [-0.3, -0.25) is 10.1 Å². The Kier molecular flexibility index (Phi) is 6.10. The zero-order valence-electron chi connectivity index (χ0n) is 16.7. The van der Waals surface area contributed by atoms with E-state index in [0.29, 0.717) is 32.3 Å². The van der Waals surface area contributed by atoms with Crippen LogP contribution in [0.2, 0.25) is 5.02 Å². The monoisotopic (exact) mass is 486 g/mol. The normalized spacial score (nSPS) is 11.3. The van der Waals surface area contributed by atoms with Gasteiger partial charge in [-0.2, -0.15) is 0 Å². The van der Waals surface area contributed by atoms with Crippen LogP contribution in [-0.4, -0.2) is 25.6 Å². The molecule has 0 fully saturated rings. The summed E-state index contributed by atoms with van der Waals surface area (Å²) in [6.07, 6.45) is 1.12. The molecule has 0 radical (unpaired) electrons. The van der Waals surface area contributed by atoms with Crippen molar-refractivity contribution in [1.29, 1.82) is 0 Å². The summed E-state index contributed by atoms with van der Waals surface area (Å²) in [5, 5.41) is 3.44. The number of hydrogen-bond donors (Lipinski definition) is 1. The minimum absolute atomic E-state index is 0.112. The van der Waals surface area contributed by atoms with Gasteiger partial charge in [0.2, 0.25) is 0 Å². The molecular formula is C23H16ClFN2O3S2. The van der Waals surface area contributed by atoms with Gasteiger partial charge >= 0.3 is 0 Å². The second-order valence-electron chi connectivity index (χ2n) is 6.94. The molecule has 1 amide bonds. The minimum Gasteiger partial charge on any atom is -0.298 e. The third kappa shape index (κ3) is 4.72. The van der Waals surface area contributed by atoms with Crippen molar-refractivity contribution in [2.24, 2.45) is 0 Å². The highest BCUT2D eigenvalue weighted by atomic mass is 35.5. The topological polar surface area (TPSA) is 76.1 Å². The number of anilines is 1. The number of nitrogens with one attached hydrogen (secondary N) is 1. The Morgan fingerprint density at radius 1 is 1.03 bits per heavy atom. The van der Waals surface area contributed by atoms with Crippen LogP contribution < -0.4 is 5.32 Å². The number of rotatable bonds is 5. The average Bonchev–Trinajstić information content (AvgIpc) is 3.17. The van der Waals surface area contributed by atoms with Crippen molar-refractivity contribution >= 4 is 43.8 Å². The van der Waals surface area contributed by atoms with Crippen molar-refractivity contribution in [3.05, 3.63) is 89.2 Å². The van der Waals surface area contributed by atoms with Crippen molar-refractivity contribution < 1.29 is 17.6 Å². The summed E-state index contributed by atoms with van der Waals surface area (Å²) in [4.78, 5) is 17.9. The van der Waals surface area contributed by atoms with Crippen LogP contribution in [0.5, 0.6) is 0 Å². The number of aromatic nitrogens is 1. The summed E-state index contributed by atoms with van der Waals surface area (Å²) in [6, 6.07) is 18.8. The molecule has 0 aliphatic heterocycles. The summed E-state index contributed by atoms with van der Waals surface area (Å²) < 4.78 is 38.2. The molecule has 0 saturated heterocycles. The summed E-state index contributed by atoms with van der Waals surface area (Å²) >= 11 is 7.14. The maximum atomic E-state index is 13.5.